The van der Waals surface area contributed by atoms with Gasteiger partial charge in [-0.25, -0.2) is 9.97 Å². The Labute approximate surface area is 161 Å². The Morgan fingerprint density at radius 3 is 2.56 bits per heavy atom. The first kappa shape index (κ1) is 19.1. The molecule has 27 heavy (non-hydrogen) atoms. The normalized spacial score (nSPS) is 16.0. The second kappa shape index (κ2) is 8.35. The van der Waals surface area contributed by atoms with Gasteiger partial charge in [-0.2, -0.15) is 0 Å². The Kier molecular flexibility index (Phi) is 5.91. The van der Waals surface area contributed by atoms with Crippen LogP contribution in [0.25, 0.3) is 6.20 Å². The molecule has 0 aromatic carbocycles. The van der Waals surface area contributed by atoms with Gasteiger partial charge in [-0.3, -0.25) is 9.89 Å². The van der Waals surface area contributed by atoms with Crippen molar-refractivity contribution in [3.05, 3.63) is 42.3 Å². The van der Waals surface area contributed by atoms with E-state index in [0.717, 1.165) is 54.8 Å². The molecule has 0 saturated carbocycles. The van der Waals surface area contributed by atoms with Crippen LogP contribution in [0.2, 0.25) is 0 Å². The number of nitrogens with one attached hydrogen (secondary N) is 1. The Morgan fingerprint density at radius 2 is 1.93 bits per heavy atom. The Balaban J connectivity index is 1.79. The molecule has 144 valence electrons. The van der Waals surface area contributed by atoms with Crippen molar-refractivity contribution < 1.29 is 0 Å². The van der Waals surface area contributed by atoms with Gasteiger partial charge >= 0.3 is 0 Å². The van der Waals surface area contributed by atoms with Crippen molar-refractivity contribution in [2.45, 2.75) is 26.8 Å². The smallest absolute Gasteiger partial charge is 0.136 e. The first-order valence-electron chi connectivity index (χ1n) is 9.39. The summed E-state index contributed by atoms with van der Waals surface area (Å²) in [5.41, 5.74) is 1.76. The lowest BCUT2D eigenvalue weighted by molar-refractivity contribution is 0.209. The summed E-state index contributed by atoms with van der Waals surface area (Å²) in [6.07, 6.45) is 3.66. The topological polar surface area (TPSA) is 61.6 Å². The molecule has 0 aliphatic carbocycles. The quantitative estimate of drug-likeness (QED) is 0.880. The molecule has 0 bridgehead atoms. The molecule has 1 N–H and O–H groups in total. The third kappa shape index (κ3) is 4.54. The minimum atomic E-state index is 0.589. The molecule has 2 aromatic heterocycles. The molecule has 1 aliphatic rings. The van der Waals surface area contributed by atoms with E-state index in [1.807, 2.05) is 35.9 Å². The van der Waals surface area contributed by atoms with E-state index < -0.39 is 0 Å². The highest BCUT2D eigenvalue weighted by molar-refractivity contribution is 5.59. The van der Waals surface area contributed by atoms with Gasteiger partial charge in [0.2, 0.25) is 0 Å². The highest BCUT2D eigenvalue weighted by Crippen LogP contribution is 2.20. The number of nitrogens with zero attached hydrogens (tertiary/aromatic N) is 6. The summed E-state index contributed by atoms with van der Waals surface area (Å²) in [6, 6.07) is 6.57. The number of hydrogen-bond acceptors (Lipinski definition) is 6. The van der Waals surface area contributed by atoms with E-state index in [-0.39, 0.29) is 0 Å². The third-order valence-electron chi connectivity index (χ3n) is 4.86. The van der Waals surface area contributed by atoms with Crippen LogP contribution in [0.1, 0.15) is 19.7 Å². The number of rotatable bonds is 5. The fourth-order valence-electron chi connectivity index (χ4n) is 3.30. The largest absolute Gasteiger partial charge is 0.354 e. The summed E-state index contributed by atoms with van der Waals surface area (Å²) in [4.78, 5) is 18.3. The molecule has 7 heteroatoms. The first-order chi connectivity index (χ1) is 13.0. The molecular formula is C20H29N7. The number of aryl methyl sites for hydroxylation is 1. The van der Waals surface area contributed by atoms with Gasteiger partial charge in [0, 0.05) is 69.5 Å². The Bertz CT molecular complexity index is 861. The van der Waals surface area contributed by atoms with Crippen LogP contribution in [-0.4, -0.2) is 58.7 Å². The number of anilines is 3. The lowest BCUT2D eigenvalue weighted by Crippen LogP contribution is -2.49. The van der Waals surface area contributed by atoms with Crippen LogP contribution in [0.15, 0.2) is 36.0 Å². The van der Waals surface area contributed by atoms with Gasteiger partial charge < -0.3 is 14.8 Å². The van der Waals surface area contributed by atoms with E-state index in [4.69, 9.17) is 0 Å². The van der Waals surface area contributed by atoms with E-state index >= 15 is 0 Å². The third-order valence-corrected chi connectivity index (χ3v) is 4.86. The molecule has 0 unspecified atom stereocenters. The summed E-state index contributed by atoms with van der Waals surface area (Å²) in [5, 5.41) is 3.38. The first-order valence-corrected chi connectivity index (χ1v) is 9.39. The van der Waals surface area contributed by atoms with E-state index in [1.165, 1.54) is 0 Å². The SMILES string of the molecule is C=Cn1ccc(Nc2cc(N3CCN(C(C)C)CC3)nc(C)n2)cc1=NC. The van der Waals surface area contributed by atoms with Crippen LogP contribution in [0.4, 0.5) is 17.3 Å². The monoisotopic (exact) mass is 367 g/mol. The second-order valence-electron chi connectivity index (χ2n) is 6.99. The number of aromatic nitrogens is 3. The molecule has 3 heterocycles. The molecule has 0 spiro atoms. The molecule has 1 fully saturated rings. The van der Waals surface area contributed by atoms with Crippen LogP contribution >= 0.6 is 0 Å². The molecule has 3 rings (SSSR count). The van der Waals surface area contributed by atoms with Crippen molar-refractivity contribution in [3.8, 4) is 0 Å². The van der Waals surface area contributed by atoms with Gasteiger partial charge in [0.05, 0.1) is 0 Å². The summed E-state index contributed by atoms with van der Waals surface area (Å²) < 4.78 is 1.87. The minimum absolute atomic E-state index is 0.589. The Morgan fingerprint density at radius 1 is 1.19 bits per heavy atom. The zero-order chi connectivity index (χ0) is 19.4. The van der Waals surface area contributed by atoms with E-state index in [1.54, 1.807) is 13.2 Å². The molecule has 0 radical (unpaired) electrons. The van der Waals surface area contributed by atoms with Gasteiger partial charge in [0.15, 0.2) is 0 Å². The number of piperazine rings is 1. The standard InChI is InChI=1S/C20H29N7/c1-6-25-8-7-17(13-19(25)21-5)24-18-14-20(23-16(4)22-18)27-11-9-26(10-12-27)15(2)3/h6-8,13-15H,1,9-12H2,2-5H3,(H,22,23,24). The van der Waals surface area contributed by atoms with Crippen molar-refractivity contribution in [2.24, 2.45) is 4.99 Å². The molecule has 7 nitrogen and oxygen atoms in total. The van der Waals surface area contributed by atoms with Crippen LogP contribution in [-0.2, 0) is 0 Å². The van der Waals surface area contributed by atoms with Crippen LogP contribution in [0, 0.1) is 6.92 Å². The number of hydrogen-bond donors (Lipinski definition) is 1. The molecule has 2 aromatic rings. The predicted molar refractivity (Wildman–Crippen MR) is 111 cm³/mol. The average Bonchev–Trinajstić information content (AvgIpc) is 2.67. The maximum atomic E-state index is 4.65. The van der Waals surface area contributed by atoms with E-state index in [9.17, 15) is 0 Å². The summed E-state index contributed by atoms with van der Waals surface area (Å²) in [5.74, 6) is 2.53. The van der Waals surface area contributed by atoms with Crippen LogP contribution in [0.3, 0.4) is 0 Å². The lowest BCUT2D eigenvalue weighted by atomic mass is 10.2. The zero-order valence-corrected chi connectivity index (χ0v) is 16.7. The fraction of sp³-hybridized carbons (Fsp3) is 0.450. The average molecular weight is 368 g/mol. The maximum absolute atomic E-state index is 4.65. The summed E-state index contributed by atoms with van der Waals surface area (Å²) in [7, 11) is 1.77. The van der Waals surface area contributed by atoms with E-state index in [0.29, 0.717) is 6.04 Å². The van der Waals surface area contributed by atoms with Gasteiger partial charge in [-0.05, 0) is 26.8 Å². The van der Waals surface area contributed by atoms with Gasteiger partial charge in [-0.1, -0.05) is 6.58 Å². The minimum Gasteiger partial charge on any atom is -0.354 e. The molecule has 1 aliphatic heterocycles. The van der Waals surface area contributed by atoms with Gasteiger partial charge in [0.1, 0.15) is 22.9 Å². The summed E-state index contributed by atoms with van der Waals surface area (Å²) in [6.45, 7) is 14.3. The van der Waals surface area contributed by atoms with Crippen molar-refractivity contribution in [3.63, 3.8) is 0 Å². The second-order valence-corrected chi connectivity index (χ2v) is 6.99. The van der Waals surface area contributed by atoms with Gasteiger partial charge in [0.25, 0.3) is 0 Å². The number of pyridine rings is 1. The highest BCUT2D eigenvalue weighted by atomic mass is 15.3. The molecular weight excluding hydrogens is 338 g/mol. The lowest BCUT2D eigenvalue weighted by Gasteiger charge is -2.37. The highest BCUT2D eigenvalue weighted by Gasteiger charge is 2.20. The van der Waals surface area contributed by atoms with Crippen LogP contribution < -0.4 is 15.7 Å². The molecule has 0 amide bonds. The summed E-state index contributed by atoms with van der Waals surface area (Å²) >= 11 is 0. The van der Waals surface area contributed by atoms with Crippen molar-refractivity contribution in [1.82, 2.24) is 19.4 Å². The Hall–Kier alpha value is -2.67. The predicted octanol–water partition coefficient (Wildman–Crippen LogP) is 2.49. The van der Waals surface area contributed by atoms with Crippen molar-refractivity contribution >= 4 is 23.5 Å². The molecule has 0 atom stereocenters. The van der Waals surface area contributed by atoms with E-state index in [2.05, 4.69) is 50.5 Å². The van der Waals surface area contributed by atoms with Crippen LogP contribution in [0.5, 0.6) is 0 Å². The van der Waals surface area contributed by atoms with Crippen molar-refractivity contribution in [2.75, 3.05) is 43.4 Å². The maximum Gasteiger partial charge on any atom is 0.136 e. The fourth-order valence-corrected chi connectivity index (χ4v) is 3.30. The van der Waals surface area contributed by atoms with Gasteiger partial charge in [-0.15, -0.1) is 0 Å². The zero-order valence-electron chi connectivity index (χ0n) is 16.7. The molecule has 1 saturated heterocycles. The van der Waals surface area contributed by atoms with Crippen molar-refractivity contribution in [1.29, 1.82) is 0 Å².